The molecule has 0 N–H and O–H groups in total. The van der Waals surface area contributed by atoms with Gasteiger partial charge in [-0.15, -0.1) is 5.10 Å². The molecule has 1 fully saturated rings. The summed E-state index contributed by atoms with van der Waals surface area (Å²) in [7, 11) is 0. The highest BCUT2D eigenvalue weighted by molar-refractivity contribution is 7.08. The van der Waals surface area contributed by atoms with Crippen LogP contribution in [0.15, 0.2) is 18.5 Å². The van der Waals surface area contributed by atoms with E-state index in [1.165, 1.54) is 11.5 Å². The fraction of sp³-hybridized carbons (Fsp3) is 0.538. The third-order valence-corrected chi connectivity index (χ3v) is 4.44. The smallest absolute Gasteiger partial charge is 0.267 e. The molecule has 2 aromatic rings. The quantitative estimate of drug-likeness (QED) is 0.858. The van der Waals surface area contributed by atoms with Gasteiger partial charge >= 0.3 is 0 Å². The molecule has 1 unspecified atom stereocenters. The third-order valence-electron chi connectivity index (χ3n) is 3.68. The van der Waals surface area contributed by atoms with Gasteiger partial charge in [0.05, 0.1) is 18.3 Å². The minimum absolute atomic E-state index is 0.0755. The lowest BCUT2D eigenvalue weighted by Gasteiger charge is -2.24. The highest BCUT2D eigenvalue weighted by Gasteiger charge is 2.32. The number of amides is 1. The van der Waals surface area contributed by atoms with Crippen molar-refractivity contribution in [3.63, 3.8) is 0 Å². The van der Waals surface area contributed by atoms with Crippen LogP contribution in [0, 0.1) is 0 Å². The van der Waals surface area contributed by atoms with Crippen LogP contribution in [-0.2, 0) is 13.0 Å². The average Bonchev–Trinajstić information content (AvgIpc) is 3.19. The zero-order chi connectivity index (χ0) is 13.9. The van der Waals surface area contributed by atoms with Crippen molar-refractivity contribution < 1.29 is 4.79 Å². The van der Waals surface area contributed by atoms with Crippen LogP contribution in [0.2, 0.25) is 0 Å². The highest BCUT2D eigenvalue weighted by Crippen LogP contribution is 2.23. The summed E-state index contributed by atoms with van der Waals surface area (Å²) in [6.45, 7) is 3.57. The van der Waals surface area contributed by atoms with Gasteiger partial charge in [-0.1, -0.05) is 11.4 Å². The number of aryl methyl sites for hydroxylation is 1. The Labute approximate surface area is 121 Å². The molecule has 0 spiro atoms. The van der Waals surface area contributed by atoms with Crippen LogP contribution in [-0.4, -0.2) is 42.8 Å². The van der Waals surface area contributed by atoms with Crippen molar-refractivity contribution in [2.24, 2.45) is 0 Å². The number of hydrogen-bond acceptors (Lipinski definition) is 5. The first-order valence-corrected chi connectivity index (χ1v) is 7.66. The molecular formula is C13H17N5OS. The minimum Gasteiger partial charge on any atom is -0.333 e. The largest absolute Gasteiger partial charge is 0.333 e. The summed E-state index contributed by atoms with van der Waals surface area (Å²) >= 11 is 1.20. The van der Waals surface area contributed by atoms with E-state index in [1.807, 2.05) is 28.8 Å². The van der Waals surface area contributed by atoms with Crippen LogP contribution in [0.4, 0.5) is 0 Å². The zero-order valence-electron chi connectivity index (χ0n) is 11.4. The number of rotatable bonds is 4. The lowest BCUT2D eigenvalue weighted by molar-refractivity contribution is 0.0725. The predicted molar refractivity (Wildman–Crippen MR) is 75.6 cm³/mol. The average molecular weight is 291 g/mol. The van der Waals surface area contributed by atoms with Crippen LogP contribution in [0.1, 0.15) is 35.1 Å². The molecule has 7 heteroatoms. The van der Waals surface area contributed by atoms with Gasteiger partial charge in [0.25, 0.3) is 5.91 Å². The Morgan fingerprint density at radius 2 is 2.45 bits per heavy atom. The topological polar surface area (TPSA) is 63.9 Å². The van der Waals surface area contributed by atoms with E-state index in [-0.39, 0.29) is 11.9 Å². The summed E-state index contributed by atoms with van der Waals surface area (Å²) in [6, 6.07) is 2.12. The fourth-order valence-electron chi connectivity index (χ4n) is 2.65. The van der Waals surface area contributed by atoms with Gasteiger partial charge in [-0.05, 0) is 36.9 Å². The van der Waals surface area contributed by atoms with Crippen LogP contribution >= 0.6 is 11.5 Å². The maximum absolute atomic E-state index is 12.7. The molecule has 0 bridgehead atoms. The molecule has 106 valence electrons. The van der Waals surface area contributed by atoms with Crippen molar-refractivity contribution in [2.75, 3.05) is 6.54 Å². The van der Waals surface area contributed by atoms with Crippen molar-refractivity contribution in [1.29, 1.82) is 0 Å². The fourth-order valence-corrected chi connectivity index (χ4v) is 3.36. The molecule has 1 aliphatic heterocycles. The number of carbonyl (C=O) groups is 1. The Morgan fingerprint density at radius 1 is 1.55 bits per heavy atom. The molecule has 1 saturated heterocycles. The highest BCUT2D eigenvalue weighted by atomic mass is 32.1. The van der Waals surface area contributed by atoms with Crippen LogP contribution < -0.4 is 0 Å². The summed E-state index contributed by atoms with van der Waals surface area (Å²) in [5.74, 6) is 0.0755. The standard InChI is InChI=1S/C13H17N5OS/c1-2-11-12(20-16-15-11)13(19)18-8-3-5-10(18)9-17-7-4-6-14-17/h4,6-7,10H,2-3,5,8-9H2,1H3. The second kappa shape index (κ2) is 5.70. The maximum Gasteiger partial charge on any atom is 0.267 e. The normalized spacial score (nSPS) is 18.6. The molecule has 0 radical (unpaired) electrons. The minimum atomic E-state index is 0.0755. The number of nitrogens with zero attached hydrogens (tertiary/aromatic N) is 5. The molecule has 2 aromatic heterocycles. The Hall–Kier alpha value is -1.76. The van der Waals surface area contributed by atoms with Crippen LogP contribution in [0.25, 0.3) is 0 Å². The number of hydrogen-bond donors (Lipinski definition) is 0. The monoisotopic (exact) mass is 291 g/mol. The van der Waals surface area contributed by atoms with Crippen molar-refractivity contribution in [3.05, 3.63) is 29.0 Å². The Morgan fingerprint density at radius 3 is 3.20 bits per heavy atom. The van der Waals surface area contributed by atoms with Crippen molar-refractivity contribution in [1.82, 2.24) is 24.3 Å². The number of carbonyl (C=O) groups excluding carboxylic acids is 1. The summed E-state index contributed by atoms with van der Waals surface area (Å²) in [4.78, 5) is 15.3. The molecule has 1 aliphatic rings. The van der Waals surface area contributed by atoms with Gasteiger partial charge in [-0.3, -0.25) is 9.48 Å². The molecule has 3 heterocycles. The molecular weight excluding hydrogens is 274 g/mol. The van der Waals surface area contributed by atoms with E-state index >= 15 is 0 Å². The van der Waals surface area contributed by atoms with Crippen molar-refractivity contribution in [2.45, 2.75) is 38.8 Å². The number of likely N-dealkylation sites (tertiary alicyclic amines) is 1. The molecule has 0 saturated carbocycles. The van der Waals surface area contributed by atoms with Crippen molar-refractivity contribution in [3.8, 4) is 0 Å². The summed E-state index contributed by atoms with van der Waals surface area (Å²) in [5.41, 5.74) is 0.810. The summed E-state index contributed by atoms with van der Waals surface area (Å²) < 4.78 is 5.80. The van der Waals surface area contributed by atoms with Gasteiger partial charge in [-0.2, -0.15) is 5.10 Å². The maximum atomic E-state index is 12.7. The van der Waals surface area contributed by atoms with E-state index in [4.69, 9.17) is 0 Å². The van der Waals surface area contributed by atoms with Gasteiger partial charge in [-0.25, -0.2) is 0 Å². The lowest BCUT2D eigenvalue weighted by Crippen LogP contribution is -2.38. The molecule has 3 rings (SSSR count). The van der Waals surface area contributed by atoms with Gasteiger partial charge in [0.15, 0.2) is 0 Å². The first-order valence-electron chi connectivity index (χ1n) is 6.89. The van der Waals surface area contributed by atoms with Crippen LogP contribution in [0.3, 0.4) is 0 Å². The second-order valence-electron chi connectivity index (χ2n) is 4.93. The molecule has 6 nitrogen and oxygen atoms in total. The Kier molecular flexibility index (Phi) is 3.77. The Balaban J connectivity index is 1.76. The van der Waals surface area contributed by atoms with E-state index in [9.17, 15) is 4.79 Å². The molecule has 0 aliphatic carbocycles. The van der Waals surface area contributed by atoms with E-state index in [0.717, 1.165) is 38.0 Å². The van der Waals surface area contributed by atoms with Gasteiger partial charge in [0.2, 0.25) is 0 Å². The van der Waals surface area contributed by atoms with E-state index < -0.39 is 0 Å². The molecule has 0 aromatic carbocycles. The molecule has 1 atom stereocenters. The predicted octanol–water partition coefficient (Wildman–Crippen LogP) is 1.60. The van der Waals surface area contributed by atoms with E-state index in [2.05, 4.69) is 14.7 Å². The first kappa shape index (κ1) is 13.2. The van der Waals surface area contributed by atoms with E-state index in [0.29, 0.717) is 4.88 Å². The summed E-state index contributed by atoms with van der Waals surface area (Å²) in [6.07, 6.45) is 6.52. The molecule has 1 amide bonds. The number of aromatic nitrogens is 4. The summed E-state index contributed by atoms with van der Waals surface area (Å²) in [5, 5.41) is 8.26. The zero-order valence-corrected chi connectivity index (χ0v) is 12.2. The SMILES string of the molecule is CCc1nnsc1C(=O)N1CCCC1Cn1cccn1. The third kappa shape index (κ3) is 2.45. The van der Waals surface area contributed by atoms with Crippen molar-refractivity contribution >= 4 is 17.4 Å². The Bertz CT molecular complexity index is 579. The second-order valence-corrected chi connectivity index (χ2v) is 5.68. The van der Waals surface area contributed by atoms with Gasteiger partial charge in [0.1, 0.15) is 4.88 Å². The lowest BCUT2D eigenvalue weighted by atomic mass is 10.2. The van der Waals surface area contributed by atoms with Crippen LogP contribution in [0.5, 0.6) is 0 Å². The van der Waals surface area contributed by atoms with E-state index in [1.54, 1.807) is 6.20 Å². The first-order chi connectivity index (χ1) is 9.79. The van der Waals surface area contributed by atoms with Gasteiger partial charge in [0, 0.05) is 18.9 Å². The molecule has 20 heavy (non-hydrogen) atoms. The van der Waals surface area contributed by atoms with Gasteiger partial charge < -0.3 is 4.90 Å².